The number of aliphatic hydroxyl groups excluding tert-OH is 1. The molecule has 0 radical (unpaired) electrons. The van der Waals surface area contributed by atoms with Gasteiger partial charge in [0.05, 0.1) is 6.10 Å². The zero-order chi connectivity index (χ0) is 12.8. The van der Waals surface area contributed by atoms with Gasteiger partial charge in [-0.15, -0.1) is 0 Å². The Kier molecular flexibility index (Phi) is 5.54. The second kappa shape index (κ2) is 7.17. The molecule has 0 unspecified atom stereocenters. The summed E-state index contributed by atoms with van der Waals surface area (Å²) in [5.74, 6) is 2.71. The highest BCUT2D eigenvalue weighted by Gasteiger charge is 2.23. The zero-order valence-corrected chi connectivity index (χ0v) is 11.9. The molecule has 1 aromatic rings. The van der Waals surface area contributed by atoms with Crippen molar-refractivity contribution in [2.45, 2.75) is 25.2 Å². The molecule has 0 saturated carbocycles. The van der Waals surface area contributed by atoms with Crippen molar-refractivity contribution in [3.05, 3.63) is 35.9 Å². The number of nitrogens with zero attached hydrogens (tertiary/aromatic N) is 1. The van der Waals surface area contributed by atoms with Crippen LogP contribution in [0.4, 0.5) is 0 Å². The van der Waals surface area contributed by atoms with Gasteiger partial charge in [0.15, 0.2) is 0 Å². The van der Waals surface area contributed by atoms with Crippen molar-refractivity contribution in [2.75, 3.05) is 25.4 Å². The Bertz CT molecular complexity index is 344. The fourth-order valence-corrected chi connectivity index (χ4v) is 3.34. The number of thioether (sulfide) groups is 1. The minimum absolute atomic E-state index is 0.0850. The third kappa shape index (κ3) is 4.30. The van der Waals surface area contributed by atoms with Crippen molar-refractivity contribution in [2.24, 2.45) is 5.92 Å². The average Bonchev–Trinajstić information content (AvgIpc) is 2.40. The van der Waals surface area contributed by atoms with E-state index in [1.54, 1.807) is 0 Å². The molecule has 2 rings (SSSR count). The van der Waals surface area contributed by atoms with Crippen LogP contribution in [-0.4, -0.2) is 41.5 Å². The molecule has 1 fully saturated rings. The normalized spacial score (nSPS) is 25.2. The summed E-state index contributed by atoms with van der Waals surface area (Å²) in [6.45, 7) is 5.40. The Morgan fingerprint density at radius 3 is 2.83 bits per heavy atom. The number of hydrogen-bond donors (Lipinski definition) is 1. The molecule has 0 amide bonds. The number of rotatable bonds is 5. The lowest BCUT2D eigenvalue weighted by Crippen LogP contribution is -2.42. The highest BCUT2D eigenvalue weighted by atomic mass is 32.2. The summed E-state index contributed by atoms with van der Waals surface area (Å²) in [5.41, 5.74) is 1.41. The lowest BCUT2D eigenvalue weighted by molar-refractivity contribution is 0.0377. The van der Waals surface area contributed by atoms with Crippen LogP contribution in [0.15, 0.2) is 30.3 Å². The first kappa shape index (κ1) is 13.9. The van der Waals surface area contributed by atoms with E-state index < -0.39 is 0 Å². The van der Waals surface area contributed by atoms with Gasteiger partial charge < -0.3 is 10.0 Å². The summed E-state index contributed by atoms with van der Waals surface area (Å²) in [7, 11) is 0. The third-order valence-corrected chi connectivity index (χ3v) is 4.62. The van der Waals surface area contributed by atoms with Crippen molar-refractivity contribution in [1.82, 2.24) is 4.90 Å². The summed E-state index contributed by atoms with van der Waals surface area (Å²) in [5, 5.41) is 9.68. The molecule has 1 aliphatic heterocycles. The van der Waals surface area contributed by atoms with Crippen molar-refractivity contribution >= 4 is 11.8 Å². The quantitative estimate of drug-likeness (QED) is 0.828. The molecule has 1 heterocycles. The van der Waals surface area contributed by atoms with E-state index in [0.29, 0.717) is 5.92 Å². The van der Waals surface area contributed by atoms with E-state index in [0.717, 1.165) is 31.8 Å². The molecule has 0 aromatic heterocycles. The Morgan fingerprint density at radius 2 is 2.11 bits per heavy atom. The molecule has 0 aliphatic carbocycles. The third-order valence-electron chi connectivity index (χ3n) is 3.61. The fourth-order valence-electron chi connectivity index (χ4n) is 2.38. The van der Waals surface area contributed by atoms with Crippen molar-refractivity contribution in [1.29, 1.82) is 0 Å². The Labute approximate surface area is 114 Å². The summed E-state index contributed by atoms with van der Waals surface area (Å²) >= 11 is 2.00. The molecule has 100 valence electrons. The van der Waals surface area contributed by atoms with Gasteiger partial charge in [-0.05, 0) is 17.9 Å². The van der Waals surface area contributed by atoms with Crippen LogP contribution in [-0.2, 0) is 5.75 Å². The van der Waals surface area contributed by atoms with Gasteiger partial charge in [-0.3, -0.25) is 0 Å². The minimum Gasteiger partial charge on any atom is -0.393 e. The molecular weight excluding hydrogens is 242 g/mol. The van der Waals surface area contributed by atoms with Gasteiger partial charge in [0, 0.05) is 31.1 Å². The van der Waals surface area contributed by atoms with Gasteiger partial charge in [-0.2, -0.15) is 11.8 Å². The average molecular weight is 265 g/mol. The smallest absolute Gasteiger partial charge is 0.0590 e. The Hall–Kier alpha value is -0.510. The van der Waals surface area contributed by atoms with E-state index in [2.05, 4.69) is 42.2 Å². The van der Waals surface area contributed by atoms with Crippen molar-refractivity contribution < 1.29 is 5.11 Å². The summed E-state index contributed by atoms with van der Waals surface area (Å²) in [4.78, 5) is 2.48. The zero-order valence-electron chi connectivity index (χ0n) is 11.1. The van der Waals surface area contributed by atoms with Gasteiger partial charge in [0.1, 0.15) is 0 Å². The van der Waals surface area contributed by atoms with Crippen LogP contribution in [0.5, 0.6) is 0 Å². The standard InChI is InChI=1S/C15H23NOS/c1-13-11-16(8-7-15(13)17)9-10-18-12-14-5-3-2-4-6-14/h2-6,13,15,17H,7-12H2,1H3/t13-,15+/m0/s1. The van der Waals surface area contributed by atoms with Crippen molar-refractivity contribution in [3.63, 3.8) is 0 Å². The van der Waals surface area contributed by atoms with Gasteiger partial charge in [-0.25, -0.2) is 0 Å². The number of likely N-dealkylation sites (tertiary alicyclic amines) is 1. The Morgan fingerprint density at radius 1 is 1.33 bits per heavy atom. The maximum Gasteiger partial charge on any atom is 0.0590 e. The molecule has 1 N–H and O–H groups in total. The second-order valence-corrected chi connectivity index (χ2v) is 6.28. The molecule has 1 saturated heterocycles. The SMILES string of the molecule is C[C@H]1CN(CCSCc2ccccc2)CC[C@H]1O. The predicted octanol–water partition coefficient (Wildman–Crippen LogP) is 2.62. The minimum atomic E-state index is -0.0850. The predicted molar refractivity (Wildman–Crippen MR) is 78.8 cm³/mol. The topological polar surface area (TPSA) is 23.5 Å². The molecule has 1 aromatic carbocycles. The molecule has 1 aliphatic rings. The van der Waals surface area contributed by atoms with Gasteiger partial charge in [0.25, 0.3) is 0 Å². The van der Waals surface area contributed by atoms with Crippen molar-refractivity contribution in [3.8, 4) is 0 Å². The summed E-state index contributed by atoms with van der Waals surface area (Å²) < 4.78 is 0. The van der Waals surface area contributed by atoms with E-state index in [-0.39, 0.29) is 6.10 Å². The van der Waals surface area contributed by atoms with Crippen LogP contribution >= 0.6 is 11.8 Å². The first-order valence-electron chi connectivity index (χ1n) is 6.78. The van der Waals surface area contributed by atoms with Gasteiger partial charge >= 0.3 is 0 Å². The summed E-state index contributed by atoms with van der Waals surface area (Å²) in [6.07, 6.45) is 0.850. The first-order chi connectivity index (χ1) is 8.75. The summed E-state index contributed by atoms with van der Waals surface area (Å²) in [6, 6.07) is 10.6. The van der Waals surface area contributed by atoms with E-state index in [1.807, 2.05) is 11.8 Å². The molecular formula is C15H23NOS. The van der Waals surface area contributed by atoms with E-state index in [1.165, 1.54) is 11.3 Å². The molecule has 0 spiro atoms. The van der Waals surface area contributed by atoms with Crippen LogP contribution in [0.1, 0.15) is 18.9 Å². The largest absolute Gasteiger partial charge is 0.393 e. The number of hydrogen-bond acceptors (Lipinski definition) is 3. The van der Waals surface area contributed by atoms with Crippen LogP contribution in [0.25, 0.3) is 0 Å². The number of benzene rings is 1. The molecule has 18 heavy (non-hydrogen) atoms. The highest BCUT2D eigenvalue weighted by Crippen LogP contribution is 2.18. The molecule has 2 atom stereocenters. The molecule has 0 bridgehead atoms. The monoisotopic (exact) mass is 265 g/mol. The van der Waals surface area contributed by atoms with E-state index >= 15 is 0 Å². The Balaban J connectivity index is 1.61. The highest BCUT2D eigenvalue weighted by molar-refractivity contribution is 7.98. The van der Waals surface area contributed by atoms with E-state index in [9.17, 15) is 5.11 Å². The van der Waals surface area contributed by atoms with Crippen LogP contribution < -0.4 is 0 Å². The molecule has 2 nitrogen and oxygen atoms in total. The van der Waals surface area contributed by atoms with Crippen LogP contribution in [0, 0.1) is 5.92 Å². The second-order valence-electron chi connectivity index (χ2n) is 5.17. The maximum atomic E-state index is 9.68. The number of piperidine rings is 1. The van der Waals surface area contributed by atoms with Crippen LogP contribution in [0.2, 0.25) is 0 Å². The molecule has 3 heteroatoms. The maximum absolute atomic E-state index is 9.68. The fraction of sp³-hybridized carbons (Fsp3) is 0.600. The van der Waals surface area contributed by atoms with Gasteiger partial charge in [-0.1, -0.05) is 37.3 Å². The number of aliphatic hydroxyl groups is 1. The van der Waals surface area contributed by atoms with Crippen LogP contribution in [0.3, 0.4) is 0 Å². The first-order valence-corrected chi connectivity index (χ1v) is 7.93. The lowest BCUT2D eigenvalue weighted by Gasteiger charge is -2.34. The van der Waals surface area contributed by atoms with Gasteiger partial charge in [0.2, 0.25) is 0 Å². The van der Waals surface area contributed by atoms with E-state index in [4.69, 9.17) is 0 Å². The lowest BCUT2D eigenvalue weighted by atomic mass is 9.97.